The summed E-state index contributed by atoms with van der Waals surface area (Å²) in [6.45, 7) is 1.98. The number of halogens is 2. The summed E-state index contributed by atoms with van der Waals surface area (Å²) in [5.74, 6) is 0.150. The van der Waals surface area contributed by atoms with Crippen LogP contribution < -0.4 is 11.1 Å². The van der Waals surface area contributed by atoms with Crippen LogP contribution in [-0.2, 0) is 21.3 Å². The zero-order valence-corrected chi connectivity index (χ0v) is 13.9. The summed E-state index contributed by atoms with van der Waals surface area (Å²) in [4.78, 5) is 11.8. The first-order chi connectivity index (χ1) is 8.93. The largest absolute Gasteiger partial charge is 0.325 e. The molecule has 114 valence electrons. The normalized spacial score (nSPS) is 13.2. The first-order valence-corrected chi connectivity index (χ1v) is 8.19. The van der Waals surface area contributed by atoms with Crippen LogP contribution in [0, 0.1) is 0 Å². The fourth-order valence-corrected chi connectivity index (χ4v) is 2.60. The number of carbonyl (C=O) groups is 1. The van der Waals surface area contributed by atoms with Crippen LogP contribution in [0.4, 0.5) is 5.69 Å². The number of carbonyl (C=O) groups excluding carboxylic acids is 1. The molecule has 1 aromatic carbocycles. The van der Waals surface area contributed by atoms with E-state index in [4.69, 9.17) is 17.3 Å². The Hall–Kier alpha value is -0.620. The van der Waals surface area contributed by atoms with Gasteiger partial charge in [-0.1, -0.05) is 24.9 Å². The summed E-state index contributed by atoms with van der Waals surface area (Å²) >= 11 is 6.02. The number of amides is 1. The van der Waals surface area contributed by atoms with Crippen molar-refractivity contribution in [1.29, 1.82) is 0 Å². The van der Waals surface area contributed by atoms with Crippen LogP contribution in [0.2, 0.25) is 5.02 Å². The lowest BCUT2D eigenvalue weighted by atomic mass is 10.1. The van der Waals surface area contributed by atoms with Gasteiger partial charge < -0.3 is 11.1 Å². The summed E-state index contributed by atoms with van der Waals surface area (Å²) in [6.07, 6.45) is 3.11. The Morgan fingerprint density at radius 2 is 2.15 bits per heavy atom. The zero-order valence-electron chi connectivity index (χ0n) is 11.5. The number of rotatable bonds is 6. The molecule has 1 rings (SSSR count). The van der Waals surface area contributed by atoms with Crippen molar-refractivity contribution in [2.75, 3.05) is 11.6 Å². The average Bonchev–Trinajstić information content (AvgIpc) is 2.33. The summed E-state index contributed by atoms with van der Waals surface area (Å²) in [6, 6.07) is 4.62. The second kappa shape index (κ2) is 9.34. The van der Waals surface area contributed by atoms with Gasteiger partial charge in [-0.3, -0.25) is 9.00 Å². The van der Waals surface area contributed by atoms with Crippen molar-refractivity contribution in [1.82, 2.24) is 0 Å². The molecule has 0 aliphatic heterocycles. The molecule has 0 spiro atoms. The van der Waals surface area contributed by atoms with Crippen LogP contribution in [0.15, 0.2) is 18.2 Å². The Labute approximate surface area is 133 Å². The van der Waals surface area contributed by atoms with Gasteiger partial charge in [0, 0.05) is 33.5 Å². The molecule has 0 heterocycles. The van der Waals surface area contributed by atoms with Gasteiger partial charge in [-0.25, -0.2) is 0 Å². The van der Waals surface area contributed by atoms with Gasteiger partial charge in [0.1, 0.15) is 0 Å². The Morgan fingerprint density at radius 3 is 2.70 bits per heavy atom. The van der Waals surface area contributed by atoms with Gasteiger partial charge in [0.05, 0.1) is 6.04 Å². The summed E-state index contributed by atoms with van der Waals surface area (Å²) in [5.41, 5.74) is 7.12. The van der Waals surface area contributed by atoms with E-state index in [1.54, 1.807) is 24.5 Å². The van der Waals surface area contributed by atoms with Gasteiger partial charge in [0.2, 0.25) is 5.91 Å². The van der Waals surface area contributed by atoms with Crippen LogP contribution in [0.25, 0.3) is 0 Å². The Kier molecular flexibility index (Phi) is 9.05. The highest BCUT2D eigenvalue weighted by atomic mass is 35.5. The number of hydrogen-bond acceptors (Lipinski definition) is 3. The van der Waals surface area contributed by atoms with Crippen LogP contribution in [-0.4, -0.2) is 22.4 Å². The van der Waals surface area contributed by atoms with Gasteiger partial charge >= 0.3 is 0 Å². The van der Waals surface area contributed by atoms with Crippen molar-refractivity contribution in [2.24, 2.45) is 5.73 Å². The molecule has 1 amide bonds. The molecule has 4 nitrogen and oxygen atoms in total. The number of anilines is 1. The molecule has 2 atom stereocenters. The van der Waals surface area contributed by atoms with Gasteiger partial charge in [0.25, 0.3) is 0 Å². The second-order valence-corrected chi connectivity index (χ2v) is 6.25. The average molecular weight is 339 g/mol. The van der Waals surface area contributed by atoms with E-state index in [0.29, 0.717) is 22.9 Å². The van der Waals surface area contributed by atoms with E-state index in [2.05, 4.69) is 5.32 Å². The molecule has 0 fully saturated rings. The van der Waals surface area contributed by atoms with Crippen molar-refractivity contribution < 1.29 is 9.00 Å². The Balaban J connectivity index is 0.00000361. The quantitative estimate of drug-likeness (QED) is 0.837. The van der Waals surface area contributed by atoms with Gasteiger partial charge in [-0.2, -0.15) is 0 Å². The minimum absolute atomic E-state index is 0. The van der Waals surface area contributed by atoms with Crippen molar-refractivity contribution >= 4 is 46.4 Å². The van der Waals surface area contributed by atoms with E-state index in [-0.39, 0.29) is 18.3 Å². The van der Waals surface area contributed by atoms with E-state index < -0.39 is 16.8 Å². The molecule has 0 aliphatic carbocycles. The third-order valence-corrected chi connectivity index (χ3v) is 3.69. The highest BCUT2D eigenvalue weighted by Crippen LogP contribution is 2.22. The molecule has 0 aromatic heterocycles. The summed E-state index contributed by atoms with van der Waals surface area (Å²) in [5, 5.41) is 3.29. The lowest BCUT2D eigenvalue weighted by Gasteiger charge is -2.12. The maximum absolute atomic E-state index is 11.8. The van der Waals surface area contributed by atoms with Crippen molar-refractivity contribution in [3.8, 4) is 0 Å². The minimum atomic E-state index is -0.981. The van der Waals surface area contributed by atoms with Crippen LogP contribution >= 0.6 is 24.0 Å². The molecule has 0 saturated heterocycles. The molecule has 0 radical (unpaired) electrons. The molecule has 20 heavy (non-hydrogen) atoms. The standard InChI is InChI=1S/C13H19ClN2O2S.ClH/c1-3-4-12(15)13(17)16-10-5-6-11(14)9(7-10)8-19(2)18;/h5-7,12H,3-4,8,15H2,1-2H3,(H,16,17);1H. The van der Waals surface area contributed by atoms with E-state index >= 15 is 0 Å². The van der Waals surface area contributed by atoms with Crippen molar-refractivity contribution in [3.63, 3.8) is 0 Å². The highest BCUT2D eigenvalue weighted by molar-refractivity contribution is 7.83. The molecule has 3 N–H and O–H groups in total. The van der Waals surface area contributed by atoms with Gasteiger partial charge in [0.15, 0.2) is 0 Å². The first-order valence-electron chi connectivity index (χ1n) is 6.09. The second-order valence-electron chi connectivity index (χ2n) is 4.41. The summed E-state index contributed by atoms with van der Waals surface area (Å²) < 4.78 is 11.2. The zero-order chi connectivity index (χ0) is 14.4. The molecule has 1 aromatic rings. The fraction of sp³-hybridized carbons (Fsp3) is 0.462. The van der Waals surface area contributed by atoms with E-state index in [0.717, 1.165) is 12.0 Å². The molecular formula is C13H20Cl2N2O2S. The number of hydrogen-bond donors (Lipinski definition) is 2. The summed E-state index contributed by atoms with van der Waals surface area (Å²) in [7, 11) is -0.981. The van der Waals surface area contributed by atoms with E-state index in [1.165, 1.54) is 0 Å². The van der Waals surface area contributed by atoms with E-state index in [1.807, 2.05) is 6.92 Å². The topological polar surface area (TPSA) is 72.2 Å². The lowest BCUT2D eigenvalue weighted by Crippen LogP contribution is -2.35. The minimum Gasteiger partial charge on any atom is -0.325 e. The first kappa shape index (κ1) is 19.4. The number of nitrogens with one attached hydrogen (secondary N) is 1. The van der Waals surface area contributed by atoms with Gasteiger partial charge in [-0.15, -0.1) is 12.4 Å². The lowest BCUT2D eigenvalue weighted by molar-refractivity contribution is -0.117. The predicted octanol–water partition coefficient (Wildman–Crippen LogP) is 2.71. The molecule has 0 bridgehead atoms. The Morgan fingerprint density at radius 1 is 1.50 bits per heavy atom. The number of benzene rings is 1. The van der Waals surface area contributed by atoms with Crippen LogP contribution in [0.5, 0.6) is 0 Å². The number of nitrogens with two attached hydrogens (primary N) is 1. The Bertz CT molecular complexity index is 483. The molecule has 7 heteroatoms. The van der Waals surface area contributed by atoms with Gasteiger partial charge in [-0.05, 0) is 30.2 Å². The third-order valence-electron chi connectivity index (χ3n) is 2.61. The molecule has 0 aliphatic rings. The van der Waals surface area contributed by atoms with Crippen LogP contribution in [0.1, 0.15) is 25.3 Å². The molecule has 0 saturated carbocycles. The molecule has 2 unspecified atom stereocenters. The SMILES string of the molecule is CCCC(N)C(=O)Nc1ccc(Cl)c(CS(C)=O)c1.Cl. The maximum atomic E-state index is 11.8. The smallest absolute Gasteiger partial charge is 0.241 e. The monoisotopic (exact) mass is 338 g/mol. The maximum Gasteiger partial charge on any atom is 0.241 e. The van der Waals surface area contributed by atoms with Crippen molar-refractivity contribution in [2.45, 2.75) is 31.6 Å². The van der Waals surface area contributed by atoms with Crippen molar-refractivity contribution in [3.05, 3.63) is 28.8 Å². The third kappa shape index (κ3) is 6.22. The predicted molar refractivity (Wildman–Crippen MR) is 88.0 cm³/mol. The van der Waals surface area contributed by atoms with E-state index in [9.17, 15) is 9.00 Å². The molecular weight excluding hydrogens is 319 g/mol. The van der Waals surface area contributed by atoms with Crippen LogP contribution in [0.3, 0.4) is 0 Å². The fourth-order valence-electron chi connectivity index (χ4n) is 1.66. The highest BCUT2D eigenvalue weighted by Gasteiger charge is 2.13.